The number of carbonyl (C=O) groups excluding carboxylic acids is 2. The average molecular weight is 366 g/mol. The van der Waals surface area contributed by atoms with Crippen molar-refractivity contribution >= 4 is 11.9 Å². The Morgan fingerprint density at radius 3 is 2.81 bits per heavy atom. The monoisotopic (exact) mass is 366 g/mol. The molecule has 146 valence electrons. The molecule has 0 aromatic rings. The van der Waals surface area contributed by atoms with Crippen LogP contribution in [0.3, 0.4) is 0 Å². The minimum absolute atomic E-state index is 0.0362. The highest BCUT2D eigenvalue weighted by molar-refractivity contribution is 5.91. The van der Waals surface area contributed by atoms with Crippen molar-refractivity contribution in [3.8, 4) is 0 Å². The summed E-state index contributed by atoms with van der Waals surface area (Å²) in [7, 11) is 0. The lowest BCUT2D eigenvalue weighted by atomic mass is 9.80. The maximum Gasteiger partial charge on any atom is 0.334 e. The molecule has 2 rings (SSSR count). The Labute approximate surface area is 154 Å². The van der Waals surface area contributed by atoms with E-state index in [4.69, 9.17) is 9.47 Å². The van der Waals surface area contributed by atoms with Crippen molar-refractivity contribution in [3.63, 3.8) is 0 Å². The summed E-state index contributed by atoms with van der Waals surface area (Å²) >= 11 is 0. The molecule has 6 unspecified atom stereocenters. The van der Waals surface area contributed by atoms with Crippen LogP contribution >= 0.6 is 0 Å². The molecule has 0 aromatic heterocycles. The van der Waals surface area contributed by atoms with E-state index in [-0.39, 0.29) is 30.0 Å². The highest BCUT2D eigenvalue weighted by Crippen LogP contribution is 2.38. The molecule has 0 aromatic carbocycles. The Morgan fingerprint density at radius 2 is 2.19 bits per heavy atom. The lowest BCUT2D eigenvalue weighted by Crippen LogP contribution is -2.42. The van der Waals surface area contributed by atoms with Gasteiger partial charge in [-0.1, -0.05) is 26.5 Å². The van der Waals surface area contributed by atoms with E-state index in [2.05, 4.69) is 6.58 Å². The van der Waals surface area contributed by atoms with E-state index in [0.29, 0.717) is 31.3 Å². The fourth-order valence-electron chi connectivity index (χ4n) is 3.54. The Morgan fingerprint density at radius 1 is 1.50 bits per heavy atom. The van der Waals surface area contributed by atoms with Gasteiger partial charge in [-0.05, 0) is 44.1 Å². The van der Waals surface area contributed by atoms with Crippen LogP contribution in [-0.4, -0.2) is 47.1 Å². The van der Waals surface area contributed by atoms with Crippen LogP contribution < -0.4 is 0 Å². The number of ether oxygens (including phenoxy) is 2. The second-order valence-electron chi connectivity index (χ2n) is 7.46. The van der Waals surface area contributed by atoms with Crippen molar-refractivity contribution in [1.82, 2.24) is 0 Å². The third-order valence-electron chi connectivity index (χ3n) is 5.59. The van der Waals surface area contributed by atoms with Gasteiger partial charge in [-0.2, -0.15) is 0 Å². The van der Waals surface area contributed by atoms with E-state index < -0.39 is 30.2 Å². The molecule has 0 saturated carbocycles. The minimum Gasteiger partial charge on any atom is -0.461 e. The van der Waals surface area contributed by atoms with Crippen molar-refractivity contribution in [3.05, 3.63) is 23.8 Å². The summed E-state index contributed by atoms with van der Waals surface area (Å²) in [6.07, 6.45) is 1.86. The zero-order chi connectivity index (χ0) is 19.4. The van der Waals surface area contributed by atoms with E-state index in [1.54, 1.807) is 13.8 Å². The molecular formula is C20H30O6. The second kappa shape index (κ2) is 8.82. The van der Waals surface area contributed by atoms with Gasteiger partial charge in [-0.15, -0.1) is 0 Å². The summed E-state index contributed by atoms with van der Waals surface area (Å²) in [6.45, 7) is 9.26. The van der Waals surface area contributed by atoms with Crippen LogP contribution in [0.5, 0.6) is 0 Å². The SMILES string of the molecule is C=C1C(=O)OC2C(O)C(C)=CCCC(CO)CC(OC(=O)C(C)CC)C12. The molecule has 0 spiro atoms. The third kappa shape index (κ3) is 4.35. The van der Waals surface area contributed by atoms with Gasteiger partial charge in [0, 0.05) is 12.2 Å². The fraction of sp³-hybridized carbons (Fsp3) is 0.700. The van der Waals surface area contributed by atoms with Gasteiger partial charge >= 0.3 is 11.9 Å². The summed E-state index contributed by atoms with van der Waals surface area (Å²) in [5.41, 5.74) is 0.911. The van der Waals surface area contributed by atoms with Gasteiger partial charge < -0.3 is 19.7 Å². The van der Waals surface area contributed by atoms with Gasteiger partial charge in [-0.3, -0.25) is 4.79 Å². The van der Waals surface area contributed by atoms with Crippen molar-refractivity contribution in [2.75, 3.05) is 6.61 Å². The Kier molecular flexibility index (Phi) is 7.01. The largest absolute Gasteiger partial charge is 0.461 e. The maximum absolute atomic E-state index is 12.4. The summed E-state index contributed by atoms with van der Waals surface area (Å²) in [5.74, 6) is -1.89. The molecule has 6 nitrogen and oxygen atoms in total. The maximum atomic E-state index is 12.4. The van der Waals surface area contributed by atoms with Gasteiger partial charge in [0.25, 0.3) is 0 Å². The highest BCUT2D eigenvalue weighted by Gasteiger charge is 2.49. The van der Waals surface area contributed by atoms with Gasteiger partial charge in [0.15, 0.2) is 0 Å². The second-order valence-corrected chi connectivity index (χ2v) is 7.46. The van der Waals surface area contributed by atoms with E-state index in [9.17, 15) is 19.8 Å². The van der Waals surface area contributed by atoms with E-state index in [0.717, 1.165) is 0 Å². The number of hydrogen-bond acceptors (Lipinski definition) is 6. The molecule has 1 aliphatic carbocycles. The predicted molar refractivity (Wildman–Crippen MR) is 96.0 cm³/mol. The number of esters is 2. The predicted octanol–water partition coefficient (Wildman–Crippen LogP) is 2.14. The van der Waals surface area contributed by atoms with Crippen LogP contribution in [0.15, 0.2) is 23.8 Å². The molecule has 2 aliphatic rings. The quantitative estimate of drug-likeness (QED) is 0.450. The number of allylic oxidation sites excluding steroid dienone is 1. The Bertz CT molecular complexity index is 581. The van der Waals surface area contributed by atoms with E-state index >= 15 is 0 Å². The molecule has 26 heavy (non-hydrogen) atoms. The Hall–Kier alpha value is -1.66. The summed E-state index contributed by atoms with van der Waals surface area (Å²) in [5, 5.41) is 20.4. The van der Waals surface area contributed by atoms with Gasteiger partial charge in [0.2, 0.25) is 0 Å². The summed E-state index contributed by atoms with van der Waals surface area (Å²) in [4.78, 5) is 24.5. The van der Waals surface area contributed by atoms with E-state index in [1.807, 2.05) is 13.0 Å². The zero-order valence-electron chi connectivity index (χ0n) is 15.8. The molecule has 6 atom stereocenters. The number of aliphatic hydroxyl groups is 2. The summed E-state index contributed by atoms with van der Waals surface area (Å²) < 4.78 is 11.1. The van der Waals surface area contributed by atoms with Crippen molar-refractivity contribution < 1.29 is 29.3 Å². The standard InChI is InChI=1S/C20H30O6/c1-5-11(2)19(23)25-15-9-14(10-21)8-6-7-12(3)17(22)18-16(15)13(4)20(24)26-18/h7,11,14-18,21-22H,4-6,8-10H2,1-3H3. The molecule has 0 amide bonds. The van der Waals surface area contributed by atoms with Gasteiger partial charge in [0.1, 0.15) is 18.3 Å². The number of aliphatic hydroxyl groups excluding tert-OH is 2. The van der Waals surface area contributed by atoms with Crippen LogP contribution in [0.2, 0.25) is 0 Å². The summed E-state index contributed by atoms with van der Waals surface area (Å²) in [6, 6.07) is 0. The number of carbonyl (C=O) groups is 2. The average Bonchev–Trinajstić information content (AvgIpc) is 2.92. The van der Waals surface area contributed by atoms with Crippen LogP contribution in [0, 0.1) is 17.8 Å². The first-order valence-corrected chi connectivity index (χ1v) is 9.35. The molecule has 1 fully saturated rings. The normalized spacial score (nSPS) is 33.7. The Balaban J connectivity index is 2.39. The van der Waals surface area contributed by atoms with Gasteiger partial charge in [0.05, 0.1) is 11.8 Å². The molecule has 0 radical (unpaired) electrons. The van der Waals surface area contributed by atoms with E-state index in [1.165, 1.54) is 0 Å². The van der Waals surface area contributed by atoms with Crippen LogP contribution in [0.4, 0.5) is 0 Å². The molecule has 6 heteroatoms. The number of fused-ring (bicyclic) bond motifs is 1. The van der Waals surface area contributed by atoms with Gasteiger partial charge in [-0.25, -0.2) is 4.79 Å². The first-order valence-electron chi connectivity index (χ1n) is 9.35. The topological polar surface area (TPSA) is 93.1 Å². The number of rotatable bonds is 4. The fourth-order valence-corrected chi connectivity index (χ4v) is 3.54. The minimum atomic E-state index is -0.973. The lowest BCUT2D eigenvalue weighted by molar-refractivity contribution is -0.160. The highest BCUT2D eigenvalue weighted by atomic mass is 16.6. The smallest absolute Gasteiger partial charge is 0.334 e. The van der Waals surface area contributed by atoms with Crippen molar-refractivity contribution in [1.29, 1.82) is 0 Å². The first-order chi connectivity index (χ1) is 12.3. The first kappa shape index (κ1) is 20.6. The lowest BCUT2D eigenvalue weighted by Gasteiger charge is -2.33. The van der Waals surface area contributed by atoms with Crippen molar-refractivity contribution in [2.24, 2.45) is 17.8 Å². The van der Waals surface area contributed by atoms with Crippen LogP contribution in [0.1, 0.15) is 46.5 Å². The van der Waals surface area contributed by atoms with Crippen molar-refractivity contribution in [2.45, 2.75) is 64.8 Å². The van der Waals surface area contributed by atoms with Crippen LogP contribution in [-0.2, 0) is 19.1 Å². The molecule has 0 bridgehead atoms. The molecule has 2 N–H and O–H groups in total. The third-order valence-corrected chi connectivity index (χ3v) is 5.59. The molecule has 1 heterocycles. The number of hydrogen-bond donors (Lipinski definition) is 2. The molecule has 1 aliphatic heterocycles. The molecular weight excluding hydrogens is 336 g/mol. The zero-order valence-corrected chi connectivity index (χ0v) is 15.8. The molecule has 1 saturated heterocycles. The van der Waals surface area contributed by atoms with Crippen LogP contribution in [0.25, 0.3) is 0 Å².